The predicted molar refractivity (Wildman–Crippen MR) is 133 cm³/mol. The maximum absolute atomic E-state index is 13.5. The van der Waals surface area contributed by atoms with Crippen LogP contribution in [-0.2, 0) is 21.4 Å². The van der Waals surface area contributed by atoms with Gasteiger partial charge in [-0.15, -0.1) is 0 Å². The van der Waals surface area contributed by atoms with Gasteiger partial charge in [-0.3, -0.25) is 0 Å². The van der Waals surface area contributed by atoms with Crippen LogP contribution in [0, 0.1) is 18.3 Å². The molecule has 35 heavy (non-hydrogen) atoms. The third-order valence-corrected chi connectivity index (χ3v) is 6.39. The molecular weight excluding hydrogens is 444 g/mol. The summed E-state index contributed by atoms with van der Waals surface area (Å²) in [7, 11) is 1.60. The number of carbonyl (C=O) groups is 2. The van der Waals surface area contributed by atoms with E-state index in [9.17, 15) is 14.9 Å². The molecule has 0 fully saturated rings. The van der Waals surface area contributed by atoms with Gasteiger partial charge in [0.25, 0.3) is 0 Å². The van der Waals surface area contributed by atoms with Gasteiger partial charge in [-0.25, -0.2) is 14.3 Å². The largest absolute Gasteiger partial charge is 0.496 e. The smallest absolute Gasteiger partial charge is 0.420 e. The van der Waals surface area contributed by atoms with Crippen LogP contribution in [-0.4, -0.2) is 41.2 Å². The van der Waals surface area contributed by atoms with E-state index in [2.05, 4.69) is 11.4 Å². The molecule has 0 saturated carbocycles. The van der Waals surface area contributed by atoms with E-state index in [0.717, 1.165) is 41.6 Å². The van der Waals surface area contributed by atoms with Crippen LogP contribution in [0.2, 0.25) is 0 Å². The van der Waals surface area contributed by atoms with Crippen molar-refractivity contribution in [2.45, 2.75) is 58.5 Å². The molecule has 1 unspecified atom stereocenters. The first kappa shape index (κ1) is 24.3. The highest BCUT2D eigenvalue weighted by atomic mass is 16.6. The summed E-state index contributed by atoms with van der Waals surface area (Å²) in [4.78, 5) is 30.5. The van der Waals surface area contributed by atoms with Gasteiger partial charge in [0, 0.05) is 24.2 Å². The first-order chi connectivity index (χ1) is 16.5. The Labute approximate surface area is 204 Å². The van der Waals surface area contributed by atoms with E-state index in [-0.39, 0.29) is 6.42 Å². The number of hydrogen-bond donors (Lipinski definition) is 1. The monoisotopic (exact) mass is 474 g/mol. The lowest BCUT2D eigenvalue weighted by Crippen LogP contribution is -2.35. The number of nitriles is 1. The molecule has 1 N–H and O–H groups in total. The SMILES string of the molecule is COc1cc(C)c2c(c1C(C)(CC=O)c1nc3cc(C#N)ccc3n1C(=O)OC(C)(C)C)CCN2. The Kier molecular flexibility index (Phi) is 6.05. The minimum absolute atomic E-state index is 0.0656. The third kappa shape index (κ3) is 4.12. The highest BCUT2D eigenvalue weighted by molar-refractivity contribution is 5.89. The molecule has 1 aliphatic rings. The number of methoxy groups -OCH3 is 1. The van der Waals surface area contributed by atoms with Gasteiger partial charge < -0.3 is 19.6 Å². The average molecular weight is 475 g/mol. The Hall–Kier alpha value is -3.86. The van der Waals surface area contributed by atoms with Gasteiger partial charge in [0.2, 0.25) is 0 Å². The quantitative estimate of drug-likeness (QED) is 0.526. The summed E-state index contributed by atoms with van der Waals surface area (Å²) in [5.74, 6) is 0.995. The molecular formula is C27H30N4O4. The number of imidazole rings is 1. The third-order valence-electron chi connectivity index (χ3n) is 6.39. The van der Waals surface area contributed by atoms with Gasteiger partial charge in [-0.2, -0.15) is 5.26 Å². The van der Waals surface area contributed by atoms with Crippen molar-refractivity contribution in [1.29, 1.82) is 5.26 Å². The number of rotatable bonds is 5. The fourth-order valence-corrected chi connectivity index (χ4v) is 4.91. The van der Waals surface area contributed by atoms with Crippen molar-refractivity contribution in [1.82, 2.24) is 9.55 Å². The van der Waals surface area contributed by atoms with Crippen LogP contribution < -0.4 is 10.1 Å². The highest BCUT2D eigenvalue weighted by Gasteiger charge is 2.42. The number of fused-ring (bicyclic) bond motifs is 2. The van der Waals surface area contributed by atoms with Crippen molar-refractivity contribution in [3.8, 4) is 11.8 Å². The Bertz CT molecular complexity index is 1380. The Morgan fingerprint density at radius 1 is 1.29 bits per heavy atom. The molecule has 1 aliphatic heterocycles. The van der Waals surface area contributed by atoms with Crippen LogP contribution in [0.25, 0.3) is 11.0 Å². The summed E-state index contributed by atoms with van der Waals surface area (Å²) in [5.41, 5.74) is 3.58. The lowest BCUT2D eigenvalue weighted by molar-refractivity contribution is -0.108. The maximum Gasteiger partial charge on any atom is 0.420 e. The Morgan fingerprint density at radius 2 is 2.03 bits per heavy atom. The molecule has 182 valence electrons. The molecule has 0 aliphatic carbocycles. The second-order valence-corrected chi connectivity index (χ2v) is 10.1. The molecule has 2 aromatic carbocycles. The fourth-order valence-electron chi connectivity index (χ4n) is 4.91. The molecule has 0 saturated heterocycles. The zero-order chi connectivity index (χ0) is 25.5. The fraction of sp³-hybridized carbons (Fsp3) is 0.407. The number of nitrogens with zero attached hydrogens (tertiary/aromatic N) is 3. The number of anilines is 1. The van der Waals surface area contributed by atoms with Crippen molar-refractivity contribution >= 4 is 29.1 Å². The molecule has 1 atom stereocenters. The van der Waals surface area contributed by atoms with Gasteiger partial charge in [0.05, 0.1) is 35.2 Å². The number of aryl methyl sites for hydroxylation is 1. The van der Waals surface area contributed by atoms with Crippen molar-refractivity contribution in [3.05, 3.63) is 52.3 Å². The van der Waals surface area contributed by atoms with Crippen LogP contribution in [0.1, 0.15) is 62.2 Å². The minimum Gasteiger partial charge on any atom is -0.496 e. The predicted octanol–water partition coefficient (Wildman–Crippen LogP) is 4.87. The number of nitrogens with one attached hydrogen (secondary N) is 1. The van der Waals surface area contributed by atoms with Crippen molar-refractivity contribution in [2.24, 2.45) is 0 Å². The van der Waals surface area contributed by atoms with E-state index in [1.807, 2.05) is 19.9 Å². The van der Waals surface area contributed by atoms with Gasteiger partial charge in [0.15, 0.2) is 0 Å². The van der Waals surface area contributed by atoms with Crippen LogP contribution in [0.4, 0.5) is 10.5 Å². The van der Waals surface area contributed by atoms with Crippen LogP contribution in [0.5, 0.6) is 5.75 Å². The number of aromatic nitrogens is 2. The molecule has 8 heteroatoms. The van der Waals surface area contributed by atoms with E-state index < -0.39 is 17.1 Å². The Balaban J connectivity index is 2.08. The van der Waals surface area contributed by atoms with Crippen LogP contribution in [0.3, 0.4) is 0 Å². The first-order valence-electron chi connectivity index (χ1n) is 11.6. The molecule has 0 amide bonds. The lowest BCUT2D eigenvalue weighted by Gasteiger charge is -2.32. The summed E-state index contributed by atoms with van der Waals surface area (Å²) in [5, 5.41) is 12.8. The van der Waals surface area contributed by atoms with Crippen molar-refractivity contribution < 1.29 is 19.1 Å². The number of ether oxygens (including phenoxy) is 2. The first-order valence-corrected chi connectivity index (χ1v) is 11.6. The molecule has 0 radical (unpaired) electrons. The number of carbonyl (C=O) groups excluding carboxylic acids is 2. The summed E-state index contributed by atoms with van der Waals surface area (Å²) >= 11 is 0. The molecule has 2 heterocycles. The lowest BCUT2D eigenvalue weighted by atomic mass is 9.75. The second-order valence-electron chi connectivity index (χ2n) is 10.1. The van der Waals surface area contributed by atoms with Crippen LogP contribution >= 0.6 is 0 Å². The summed E-state index contributed by atoms with van der Waals surface area (Å²) in [6, 6.07) is 9.03. The number of hydrogen-bond acceptors (Lipinski definition) is 7. The standard InChI is InChI=1S/C27H30N4O4/c1-16-13-21(34-6)22(18-9-11-29-23(16)18)27(5,10-12-32)24-30-19-14-17(15-28)7-8-20(19)31(24)25(33)35-26(2,3)4/h7-8,12-14,29H,9-11H2,1-6H3. The normalized spacial score (nSPS) is 14.5. The summed E-state index contributed by atoms with van der Waals surface area (Å²) in [6.07, 6.45) is 1.06. The van der Waals surface area contributed by atoms with E-state index in [1.165, 1.54) is 4.57 Å². The zero-order valence-electron chi connectivity index (χ0n) is 21.0. The molecule has 8 nitrogen and oxygen atoms in total. The summed E-state index contributed by atoms with van der Waals surface area (Å²) < 4.78 is 13.0. The summed E-state index contributed by atoms with van der Waals surface area (Å²) in [6.45, 7) is 10.1. The second kappa shape index (κ2) is 8.73. The average Bonchev–Trinajstić information content (AvgIpc) is 3.42. The van der Waals surface area contributed by atoms with E-state index in [0.29, 0.717) is 28.2 Å². The molecule has 1 aromatic heterocycles. The van der Waals surface area contributed by atoms with Gasteiger partial charge in [-0.05, 0) is 76.4 Å². The molecule has 3 aromatic rings. The van der Waals surface area contributed by atoms with Crippen molar-refractivity contribution in [2.75, 3.05) is 19.0 Å². The molecule has 0 spiro atoms. The van der Waals surface area contributed by atoms with E-state index in [1.54, 1.807) is 46.1 Å². The number of aldehydes is 1. The van der Waals surface area contributed by atoms with Gasteiger partial charge >= 0.3 is 6.09 Å². The molecule has 0 bridgehead atoms. The maximum atomic E-state index is 13.5. The molecule has 4 rings (SSSR count). The Morgan fingerprint density at radius 3 is 2.66 bits per heavy atom. The highest BCUT2D eigenvalue weighted by Crippen LogP contribution is 2.47. The van der Waals surface area contributed by atoms with Gasteiger partial charge in [-0.1, -0.05) is 0 Å². The van der Waals surface area contributed by atoms with Crippen LogP contribution in [0.15, 0.2) is 24.3 Å². The number of benzene rings is 2. The van der Waals surface area contributed by atoms with Gasteiger partial charge in [0.1, 0.15) is 23.5 Å². The topological polar surface area (TPSA) is 106 Å². The zero-order valence-corrected chi connectivity index (χ0v) is 21.0. The van der Waals surface area contributed by atoms with E-state index >= 15 is 0 Å². The van der Waals surface area contributed by atoms with Crippen molar-refractivity contribution in [3.63, 3.8) is 0 Å². The van der Waals surface area contributed by atoms with E-state index in [4.69, 9.17) is 14.5 Å². The minimum atomic E-state index is -1.01.